The van der Waals surface area contributed by atoms with Crippen LogP contribution in [0.25, 0.3) is 10.6 Å². The molecule has 0 radical (unpaired) electrons. The maximum atomic E-state index is 12.8. The largest absolute Gasteiger partial charge is 0.493 e. The van der Waals surface area contributed by atoms with Gasteiger partial charge in [-0.25, -0.2) is 4.98 Å². The molecule has 1 aromatic carbocycles. The van der Waals surface area contributed by atoms with E-state index in [1.165, 1.54) is 11.3 Å². The van der Waals surface area contributed by atoms with Gasteiger partial charge in [-0.15, -0.1) is 11.3 Å². The summed E-state index contributed by atoms with van der Waals surface area (Å²) in [4.78, 5) is 18.0. The van der Waals surface area contributed by atoms with E-state index in [-0.39, 0.29) is 11.9 Å². The van der Waals surface area contributed by atoms with E-state index in [9.17, 15) is 4.79 Å². The van der Waals surface area contributed by atoms with Crippen molar-refractivity contribution >= 4 is 44.5 Å². The molecule has 0 saturated carbocycles. The molecular weight excluding hydrogens is 420 g/mol. The van der Waals surface area contributed by atoms with E-state index >= 15 is 0 Å². The van der Waals surface area contributed by atoms with Gasteiger partial charge in [0.15, 0.2) is 0 Å². The Morgan fingerprint density at radius 2 is 2.28 bits per heavy atom. The molecule has 7 heteroatoms. The molecule has 0 fully saturated rings. The Morgan fingerprint density at radius 1 is 1.40 bits per heavy atom. The number of halogens is 1. The van der Waals surface area contributed by atoms with E-state index in [4.69, 9.17) is 4.74 Å². The number of rotatable bonds is 3. The summed E-state index contributed by atoms with van der Waals surface area (Å²) in [6, 6.07) is 7.86. The normalized spacial score (nSPS) is 16.2. The molecule has 1 unspecified atom stereocenters. The van der Waals surface area contributed by atoms with Gasteiger partial charge in [-0.1, -0.05) is 15.9 Å². The SMILES string of the molecule is Cc1nc(-c2ccsc2)sc1C(=O)NC1CCOc2ccc(Br)cc21. The van der Waals surface area contributed by atoms with Crippen molar-refractivity contribution in [3.63, 3.8) is 0 Å². The second-order valence-electron chi connectivity index (χ2n) is 5.79. The lowest BCUT2D eigenvalue weighted by molar-refractivity contribution is 0.0928. The Kier molecular flexibility index (Phi) is 4.62. The van der Waals surface area contributed by atoms with Crippen LogP contribution in [-0.2, 0) is 0 Å². The number of carbonyl (C=O) groups is 1. The molecule has 0 saturated heterocycles. The predicted octanol–water partition coefficient (Wildman–Crippen LogP) is 5.20. The van der Waals surface area contributed by atoms with Crippen LogP contribution in [0, 0.1) is 6.92 Å². The quantitative estimate of drug-likeness (QED) is 0.616. The average molecular weight is 435 g/mol. The van der Waals surface area contributed by atoms with Gasteiger partial charge in [0.05, 0.1) is 18.3 Å². The molecule has 3 heterocycles. The van der Waals surface area contributed by atoms with Crippen LogP contribution >= 0.6 is 38.6 Å². The lowest BCUT2D eigenvalue weighted by atomic mass is 10.0. The van der Waals surface area contributed by atoms with E-state index in [1.54, 1.807) is 11.3 Å². The van der Waals surface area contributed by atoms with Crippen LogP contribution in [-0.4, -0.2) is 17.5 Å². The Morgan fingerprint density at radius 3 is 3.08 bits per heavy atom. The molecular formula is C18H15BrN2O2S2. The summed E-state index contributed by atoms with van der Waals surface area (Å²) in [6.45, 7) is 2.48. The van der Waals surface area contributed by atoms with Crippen molar-refractivity contribution in [2.24, 2.45) is 0 Å². The number of hydrogen-bond acceptors (Lipinski definition) is 5. The van der Waals surface area contributed by atoms with Gasteiger partial charge < -0.3 is 10.1 Å². The van der Waals surface area contributed by atoms with Gasteiger partial charge in [0.25, 0.3) is 5.91 Å². The van der Waals surface area contributed by atoms with E-state index in [0.29, 0.717) is 11.5 Å². The first kappa shape index (κ1) is 16.8. The number of aryl methyl sites for hydroxylation is 1. The van der Waals surface area contributed by atoms with Gasteiger partial charge in [0.2, 0.25) is 0 Å². The zero-order valence-electron chi connectivity index (χ0n) is 13.4. The Bertz CT molecular complexity index is 921. The lowest BCUT2D eigenvalue weighted by Crippen LogP contribution is -2.32. The number of benzene rings is 1. The van der Waals surface area contributed by atoms with Crippen LogP contribution in [0.4, 0.5) is 0 Å². The highest BCUT2D eigenvalue weighted by molar-refractivity contribution is 9.10. The second-order valence-corrected chi connectivity index (χ2v) is 8.49. The molecule has 4 rings (SSSR count). The van der Waals surface area contributed by atoms with Gasteiger partial charge in [0, 0.05) is 27.4 Å². The highest BCUT2D eigenvalue weighted by atomic mass is 79.9. The van der Waals surface area contributed by atoms with Crippen LogP contribution in [0.3, 0.4) is 0 Å². The third kappa shape index (κ3) is 3.36. The third-order valence-corrected chi connectivity index (χ3v) is 6.47. The fourth-order valence-corrected chi connectivity index (χ4v) is 4.92. The summed E-state index contributed by atoms with van der Waals surface area (Å²) < 4.78 is 6.67. The Balaban J connectivity index is 1.59. The predicted molar refractivity (Wildman–Crippen MR) is 105 cm³/mol. The smallest absolute Gasteiger partial charge is 0.263 e. The van der Waals surface area contributed by atoms with E-state index in [0.717, 1.165) is 38.5 Å². The number of aromatic nitrogens is 1. The Hall–Kier alpha value is -1.70. The topological polar surface area (TPSA) is 51.2 Å². The molecule has 3 aromatic rings. The van der Waals surface area contributed by atoms with Crippen LogP contribution in [0.5, 0.6) is 5.75 Å². The highest BCUT2D eigenvalue weighted by Gasteiger charge is 2.25. The van der Waals surface area contributed by atoms with Gasteiger partial charge >= 0.3 is 0 Å². The molecule has 2 aromatic heterocycles. The van der Waals surface area contributed by atoms with Crippen LogP contribution in [0.1, 0.15) is 33.4 Å². The number of amides is 1. The molecule has 25 heavy (non-hydrogen) atoms. The molecule has 1 aliphatic rings. The number of nitrogens with one attached hydrogen (secondary N) is 1. The number of carbonyl (C=O) groups excluding carboxylic acids is 1. The number of thiazole rings is 1. The number of nitrogens with zero attached hydrogens (tertiary/aromatic N) is 1. The van der Waals surface area contributed by atoms with Crippen molar-refractivity contribution in [3.8, 4) is 16.3 Å². The summed E-state index contributed by atoms with van der Waals surface area (Å²) in [5.41, 5.74) is 2.84. The van der Waals surface area contributed by atoms with Crippen LogP contribution < -0.4 is 10.1 Å². The van der Waals surface area contributed by atoms with Crippen molar-refractivity contribution < 1.29 is 9.53 Å². The van der Waals surface area contributed by atoms with Gasteiger partial charge in [-0.3, -0.25) is 4.79 Å². The second kappa shape index (κ2) is 6.90. The lowest BCUT2D eigenvalue weighted by Gasteiger charge is -2.26. The number of fused-ring (bicyclic) bond motifs is 1. The highest BCUT2D eigenvalue weighted by Crippen LogP contribution is 2.35. The number of thiophene rings is 1. The molecule has 0 spiro atoms. The van der Waals surface area contributed by atoms with Crippen molar-refractivity contribution in [1.29, 1.82) is 0 Å². The van der Waals surface area contributed by atoms with Gasteiger partial charge in [-0.2, -0.15) is 11.3 Å². The van der Waals surface area contributed by atoms with E-state index < -0.39 is 0 Å². The zero-order valence-corrected chi connectivity index (χ0v) is 16.6. The van der Waals surface area contributed by atoms with Crippen molar-refractivity contribution in [2.45, 2.75) is 19.4 Å². The fraction of sp³-hybridized carbons (Fsp3) is 0.222. The summed E-state index contributed by atoms with van der Waals surface area (Å²) in [6.07, 6.45) is 0.754. The van der Waals surface area contributed by atoms with Crippen molar-refractivity contribution in [1.82, 2.24) is 10.3 Å². The van der Waals surface area contributed by atoms with Crippen molar-refractivity contribution in [2.75, 3.05) is 6.61 Å². The first-order valence-corrected chi connectivity index (χ1v) is 10.4. The molecule has 128 valence electrons. The van der Waals surface area contributed by atoms with Gasteiger partial charge in [-0.05, 0) is 36.6 Å². The van der Waals surface area contributed by atoms with Crippen molar-refractivity contribution in [3.05, 3.63) is 55.6 Å². The van der Waals surface area contributed by atoms with E-state index in [1.807, 2.05) is 41.9 Å². The molecule has 0 bridgehead atoms. The summed E-state index contributed by atoms with van der Waals surface area (Å²) in [5.74, 6) is 0.758. The first-order valence-electron chi connectivity index (χ1n) is 7.85. The number of hydrogen-bond donors (Lipinski definition) is 1. The summed E-state index contributed by atoms with van der Waals surface area (Å²) in [5, 5.41) is 8.10. The first-order chi connectivity index (χ1) is 12.1. The average Bonchev–Trinajstić information content (AvgIpc) is 3.24. The van der Waals surface area contributed by atoms with Crippen LogP contribution in [0.15, 0.2) is 39.5 Å². The minimum atomic E-state index is -0.0747. The summed E-state index contributed by atoms with van der Waals surface area (Å²) >= 11 is 6.56. The van der Waals surface area contributed by atoms with Crippen LogP contribution in [0.2, 0.25) is 0 Å². The fourth-order valence-electron chi connectivity index (χ4n) is 2.86. The number of ether oxygens (including phenoxy) is 1. The zero-order chi connectivity index (χ0) is 17.4. The standard InChI is InChI=1S/C18H15BrN2O2S2/c1-10-16(25-18(20-10)11-5-7-24-9-11)17(22)21-14-4-6-23-15-3-2-12(19)8-13(14)15/h2-3,5,7-9,14H,4,6H2,1H3,(H,21,22). The van der Waals surface area contributed by atoms with Gasteiger partial charge in [0.1, 0.15) is 15.6 Å². The molecule has 1 aliphatic heterocycles. The molecule has 1 atom stereocenters. The Labute approximate surface area is 162 Å². The minimum Gasteiger partial charge on any atom is -0.493 e. The summed E-state index contributed by atoms with van der Waals surface area (Å²) in [7, 11) is 0. The third-order valence-electron chi connectivity index (χ3n) is 4.09. The molecule has 4 nitrogen and oxygen atoms in total. The van der Waals surface area contributed by atoms with E-state index in [2.05, 4.69) is 26.2 Å². The maximum absolute atomic E-state index is 12.8. The maximum Gasteiger partial charge on any atom is 0.263 e. The molecule has 1 N–H and O–H groups in total. The molecule has 1 amide bonds. The molecule has 0 aliphatic carbocycles. The monoisotopic (exact) mass is 434 g/mol. The minimum absolute atomic E-state index is 0.0557.